The normalized spacial score (nSPS) is 19.7. The van der Waals surface area contributed by atoms with E-state index in [2.05, 4.69) is 5.32 Å². The van der Waals surface area contributed by atoms with Crippen LogP contribution in [0.4, 0.5) is 14.5 Å². The van der Waals surface area contributed by atoms with E-state index in [9.17, 15) is 18.4 Å². The molecule has 1 unspecified atom stereocenters. The van der Waals surface area contributed by atoms with Gasteiger partial charge in [0, 0.05) is 18.2 Å². The van der Waals surface area contributed by atoms with E-state index in [1.165, 1.54) is 13.0 Å². The van der Waals surface area contributed by atoms with Crippen molar-refractivity contribution in [1.82, 2.24) is 0 Å². The average Bonchev–Trinajstić information content (AvgIpc) is 2.51. The summed E-state index contributed by atoms with van der Waals surface area (Å²) < 4.78 is 31.4. The number of amides is 1. The third-order valence-corrected chi connectivity index (χ3v) is 3.74. The number of benzene rings is 2. The highest BCUT2D eigenvalue weighted by atomic mass is 19.2. The minimum absolute atomic E-state index is 0.0880. The van der Waals surface area contributed by atoms with E-state index in [0.717, 1.165) is 12.1 Å². The van der Waals surface area contributed by atoms with Gasteiger partial charge in [0.25, 0.3) is 5.91 Å². The zero-order valence-electron chi connectivity index (χ0n) is 12.2. The predicted octanol–water partition coefficient (Wildman–Crippen LogP) is 3.08. The van der Waals surface area contributed by atoms with Crippen LogP contribution in [-0.2, 0) is 16.0 Å². The van der Waals surface area contributed by atoms with E-state index in [-0.39, 0.29) is 12.1 Å². The molecule has 0 saturated heterocycles. The molecule has 0 saturated carbocycles. The standard InChI is InChI=1S/C17H13F2NO3/c1-17(9-10-4-2-3-5-12(10)15(21)23-17)16(22)20-11-6-7-13(18)14(19)8-11/h2-8H,9H2,1H3,(H,20,22). The van der Waals surface area contributed by atoms with E-state index < -0.39 is 29.1 Å². The molecule has 1 atom stereocenters. The Labute approximate surface area is 131 Å². The van der Waals surface area contributed by atoms with Crippen molar-refractivity contribution in [1.29, 1.82) is 0 Å². The highest BCUT2D eigenvalue weighted by Crippen LogP contribution is 2.29. The zero-order chi connectivity index (χ0) is 16.6. The molecule has 0 spiro atoms. The van der Waals surface area contributed by atoms with Gasteiger partial charge in [-0.3, -0.25) is 4.79 Å². The molecule has 0 fully saturated rings. The van der Waals surface area contributed by atoms with E-state index in [1.807, 2.05) is 0 Å². The molecule has 0 radical (unpaired) electrons. The number of ether oxygens (including phenoxy) is 1. The lowest BCUT2D eigenvalue weighted by Gasteiger charge is -2.33. The van der Waals surface area contributed by atoms with Crippen molar-refractivity contribution < 1.29 is 23.1 Å². The Kier molecular flexibility index (Phi) is 3.60. The molecular weight excluding hydrogens is 304 g/mol. The van der Waals surface area contributed by atoms with Crippen molar-refractivity contribution in [3.63, 3.8) is 0 Å². The molecule has 1 heterocycles. The summed E-state index contributed by atoms with van der Waals surface area (Å²) in [7, 11) is 0. The van der Waals surface area contributed by atoms with Crippen molar-refractivity contribution in [2.45, 2.75) is 18.9 Å². The molecule has 0 aromatic heterocycles. The molecule has 0 bridgehead atoms. The van der Waals surface area contributed by atoms with Crippen molar-refractivity contribution in [3.8, 4) is 0 Å². The molecule has 4 nitrogen and oxygen atoms in total. The molecule has 1 aliphatic rings. The number of cyclic esters (lactones) is 1. The summed E-state index contributed by atoms with van der Waals surface area (Å²) in [6, 6.07) is 9.88. The SMILES string of the molecule is CC1(C(=O)Nc2ccc(F)c(F)c2)Cc2ccccc2C(=O)O1. The number of rotatable bonds is 2. The molecular formula is C17H13F2NO3. The third kappa shape index (κ3) is 2.79. The smallest absolute Gasteiger partial charge is 0.339 e. The van der Waals surface area contributed by atoms with Gasteiger partial charge in [-0.25, -0.2) is 13.6 Å². The van der Waals surface area contributed by atoms with Crippen LogP contribution in [0.15, 0.2) is 42.5 Å². The largest absolute Gasteiger partial charge is 0.445 e. The predicted molar refractivity (Wildman–Crippen MR) is 79.0 cm³/mol. The van der Waals surface area contributed by atoms with Gasteiger partial charge in [0.1, 0.15) is 0 Å². The van der Waals surface area contributed by atoms with Gasteiger partial charge in [0.05, 0.1) is 5.56 Å². The zero-order valence-corrected chi connectivity index (χ0v) is 12.2. The first-order valence-electron chi connectivity index (χ1n) is 6.97. The Bertz CT molecular complexity index is 806. The van der Waals surface area contributed by atoms with Gasteiger partial charge < -0.3 is 10.1 Å². The molecule has 6 heteroatoms. The number of esters is 1. The summed E-state index contributed by atoms with van der Waals surface area (Å²) in [5.74, 6) is -3.27. The number of hydrogen-bond acceptors (Lipinski definition) is 3. The highest BCUT2D eigenvalue weighted by Gasteiger charge is 2.42. The highest BCUT2D eigenvalue weighted by molar-refractivity contribution is 6.02. The van der Waals surface area contributed by atoms with Crippen molar-refractivity contribution in [2.24, 2.45) is 0 Å². The summed E-state index contributed by atoms with van der Waals surface area (Å²) in [4.78, 5) is 24.5. The van der Waals surface area contributed by atoms with Crippen LogP contribution in [0.3, 0.4) is 0 Å². The maximum absolute atomic E-state index is 13.2. The first-order chi connectivity index (χ1) is 10.9. The van der Waals surface area contributed by atoms with Crippen molar-refractivity contribution in [3.05, 3.63) is 65.2 Å². The Morgan fingerprint density at radius 2 is 1.91 bits per heavy atom. The first kappa shape index (κ1) is 15.1. The van der Waals surface area contributed by atoms with Crippen LogP contribution in [0.1, 0.15) is 22.8 Å². The van der Waals surface area contributed by atoms with Gasteiger partial charge in [0.15, 0.2) is 17.2 Å². The number of carbonyl (C=O) groups excluding carboxylic acids is 2. The lowest BCUT2D eigenvalue weighted by atomic mass is 9.89. The molecule has 1 N–H and O–H groups in total. The molecule has 1 amide bonds. The van der Waals surface area contributed by atoms with Gasteiger partial charge in [-0.1, -0.05) is 18.2 Å². The second kappa shape index (κ2) is 5.46. The van der Waals surface area contributed by atoms with Crippen molar-refractivity contribution >= 4 is 17.6 Å². The summed E-state index contributed by atoms with van der Waals surface area (Å²) in [6.45, 7) is 1.48. The minimum Gasteiger partial charge on any atom is -0.445 e. The molecule has 23 heavy (non-hydrogen) atoms. The fraction of sp³-hybridized carbons (Fsp3) is 0.176. The number of carbonyl (C=O) groups is 2. The van der Waals surface area contributed by atoms with Crippen molar-refractivity contribution in [2.75, 3.05) is 5.32 Å². The van der Waals surface area contributed by atoms with E-state index in [4.69, 9.17) is 4.74 Å². The molecule has 1 aliphatic heterocycles. The van der Waals surface area contributed by atoms with Crippen LogP contribution < -0.4 is 5.32 Å². The Balaban J connectivity index is 1.84. The minimum atomic E-state index is -1.42. The van der Waals surface area contributed by atoms with Gasteiger partial charge >= 0.3 is 5.97 Å². The summed E-state index contributed by atoms with van der Waals surface area (Å²) in [5, 5.41) is 2.45. The Hall–Kier alpha value is -2.76. The Morgan fingerprint density at radius 3 is 2.65 bits per heavy atom. The van der Waals surface area contributed by atoms with Crippen LogP contribution in [0.2, 0.25) is 0 Å². The lowest BCUT2D eigenvalue weighted by Crippen LogP contribution is -2.48. The second-order valence-corrected chi connectivity index (χ2v) is 5.54. The molecule has 2 aromatic rings. The number of hydrogen-bond donors (Lipinski definition) is 1. The second-order valence-electron chi connectivity index (χ2n) is 5.54. The van der Waals surface area contributed by atoms with E-state index in [1.54, 1.807) is 24.3 Å². The number of nitrogens with one attached hydrogen (secondary N) is 1. The summed E-state index contributed by atoms with van der Waals surface area (Å²) in [5.41, 5.74) is -0.210. The number of fused-ring (bicyclic) bond motifs is 1. The molecule has 118 valence electrons. The average molecular weight is 317 g/mol. The summed E-state index contributed by atoms with van der Waals surface area (Å²) in [6.07, 6.45) is 0.199. The van der Waals surface area contributed by atoms with Crippen LogP contribution in [0.5, 0.6) is 0 Å². The molecule has 3 rings (SSSR count). The van der Waals surface area contributed by atoms with E-state index in [0.29, 0.717) is 11.1 Å². The van der Waals surface area contributed by atoms with Gasteiger partial charge in [-0.15, -0.1) is 0 Å². The number of halogens is 2. The van der Waals surface area contributed by atoms with Crippen LogP contribution in [0, 0.1) is 11.6 Å². The molecule has 0 aliphatic carbocycles. The number of anilines is 1. The fourth-order valence-electron chi connectivity index (χ4n) is 2.50. The quantitative estimate of drug-likeness (QED) is 0.866. The topological polar surface area (TPSA) is 55.4 Å². The van der Waals surface area contributed by atoms with Gasteiger partial charge in [-0.2, -0.15) is 0 Å². The monoisotopic (exact) mass is 317 g/mol. The lowest BCUT2D eigenvalue weighted by molar-refractivity contribution is -0.134. The van der Waals surface area contributed by atoms with Crippen LogP contribution >= 0.6 is 0 Å². The molecule has 2 aromatic carbocycles. The third-order valence-electron chi connectivity index (χ3n) is 3.74. The first-order valence-corrected chi connectivity index (χ1v) is 6.97. The van der Waals surface area contributed by atoms with Gasteiger partial charge in [-0.05, 0) is 30.7 Å². The fourth-order valence-corrected chi connectivity index (χ4v) is 2.50. The summed E-state index contributed by atoms with van der Waals surface area (Å²) >= 11 is 0. The van der Waals surface area contributed by atoms with Crippen LogP contribution in [0.25, 0.3) is 0 Å². The van der Waals surface area contributed by atoms with Gasteiger partial charge in [0.2, 0.25) is 0 Å². The van der Waals surface area contributed by atoms with E-state index >= 15 is 0 Å². The van der Waals surface area contributed by atoms with Crippen LogP contribution in [-0.4, -0.2) is 17.5 Å². The maximum Gasteiger partial charge on any atom is 0.339 e. The Morgan fingerprint density at radius 1 is 1.17 bits per heavy atom. The maximum atomic E-state index is 13.2.